The molecule has 15 nitrogen and oxygen atoms in total. The molecule has 0 radical (unpaired) electrons. The van der Waals surface area contributed by atoms with E-state index in [1.807, 2.05) is 24.3 Å². The first kappa shape index (κ1) is 40.0. The van der Waals surface area contributed by atoms with Crippen LogP contribution in [0.1, 0.15) is 57.6 Å². The molecule has 9 N–H and O–H groups in total. The first-order valence-corrected chi connectivity index (χ1v) is 16.8. The lowest BCUT2D eigenvalue weighted by Crippen LogP contribution is -2.59. The number of fused-ring (bicyclic) bond motifs is 1. The van der Waals surface area contributed by atoms with Gasteiger partial charge in [0.2, 0.25) is 23.6 Å². The summed E-state index contributed by atoms with van der Waals surface area (Å²) in [6.07, 6.45) is 1.17. The number of ether oxygens (including phenoxy) is 1. The van der Waals surface area contributed by atoms with Crippen molar-refractivity contribution in [1.82, 2.24) is 25.8 Å². The number of benzene rings is 2. The Balaban J connectivity index is 1.87. The Kier molecular flexibility index (Phi) is 14.5. The molecule has 1 heterocycles. The van der Waals surface area contributed by atoms with Crippen LogP contribution in [0.3, 0.4) is 0 Å². The summed E-state index contributed by atoms with van der Waals surface area (Å²) < 4.78 is 5.41. The standard InChI is InChI=1S/C36H49N7O8/c1-36(2,3)51-35(50)42-27(19-23-21-39-25-15-9-8-14-24(23)25)33(48)40-26(16-10-11-17-37)32(47)41-28(20-30(44)45)34(49)43(4)29(31(38)46)18-22-12-6-5-7-13-22/h5-9,12-15,21,26-29,39H,10-11,16-20,37H2,1-4H3,(H2,38,46)(H,40,48)(H,41,47)(H,42,50)(H,44,45)/t26-,27+,28+,29-/m0/s1. The molecule has 0 aliphatic carbocycles. The summed E-state index contributed by atoms with van der Waals surface area (Å²) in [6.45, 7) is 5.35. The quantitative estimate of drug-likeness (QED) is 0.0952. The normalized spacial score (nSPS) is 13.7. The van der Waals surface area contributed by atoms with E-state index in [4.69, 9.17) is 16.2 Å². The maximum absolute atomic E-state index is 13.9. The number of nitrogens with one attached hydrogen (secondary N) is 4. The Morgan fingerprint density at radius 1 is 0.863 bits per heavy atom. The third-order valence-electron chi connectivity index (χ3n) is 8.10. The van der Waals surface area contributed by atoms with Gasteiger partial charge in [-0.25, -0.2) is 4.79 Å². The van der Waals surface area contributed by atoms with E-state index < -0.39 is 71.9 Å². The fraction of sp³-hybridized carbons (Fsp3) is 0.444. The summed E-state index contributed by atoms with van der Waals surface area (Å²) in [6, 6.07) is 11.1. The maximum atomic E-state index is 13.9. The Hall–Kier alpha value is -5.44. The number of carboxylic acids is 1. The van der Waals surface area contributed by atoms with Crippen LogP contribution < -0.4 is 27.4 Å². The van der Waals surface area contributed by atoms with Crippen molar-refractivity contribution in [3.8, 4) is 0 Å². The zero-order valence-electron chi connectivity index (χ0n) is 29.4. The van der Waals surface area contributed by atoms with Crippen LogP contribution in [0.15, 0.2) is 60.8 Å². The predicted molar refractivity (Wildman–Crippen MR) is 190 cm³/mol. The summed E-state index contributed by atoms with van der Waals surface area (Å²) >= 11 is 0. The van der Waals surface area contributed by atoms with Crippen LogP contribution in [-0.2, 0) is 41.6 Å². The number of aromatic amines is 1. The lowest BCUT2D eigenvalue weighted by Gasteiger charge is -2.30. The molecule has 4 atom stereocenters. The average molecular weight is 708 g/mol. The number of hydrogen-bond acceptors (Lipinski definition) is 8. The third-order valence-corrected chi connectivity index (χ3v) is 8.10. The van der Waals surface area contributed by atoms with Gasteiger partial charge in [-0.05, 0) is 63.8 Å². The second kappa shape index (κ2) is 18.5. The van der Waals surface area contributed by atoms with Gasteiger partial charge < -0.3 is 47.1 Å². The number of amides is 5. The van der Waals surface area contributed by atoms with E-state index >= 15 is 0 Å². The number of H-pyrrole nitrogens is 1. The van der Waals surface area contributed by atoms with E-state index in [1.54, 1.807) is 57.3 Å². The summed E-state index contributed by atoms with van der Waals surface area (Å²) in [5, 5.41) is 18.3. The molecule has 0 unspecified atom stereocenters. The molecule has 2 aromatic carbocycles. The van der Waals surface area contributed by atoms with Gasteiger partial charge in [-0.2, -0.15) is 0 Å². The third kappa shape index (κ3) is 12.4. The van der Waals surface area contributed by atoms with Crippen molar-refractivity contribution in [3.63, 3.8) is 0 Å². The van der Waals surface area contributed by atoms with Gasteiger partial charge in [-0.3, -0.25) is 24.0 Å². The SMILES string of the molecule is CN(C(=O)[C@@H](CC(=O)O)NC(=O)[C@H](CCCCN)NC(=O)[C@@H](Cc1c[nH]c2ccccc12)NC(=O)OC(C)(C)C)[C@@H](Cc1ccccc1)C(N)=O. The topological polar surface area (TPSA) is 239 Å². The van der Waals surface area contributed by atoms with Gasteiger partial charge in [0.25, 0.3) is 0 Å². The van der Waals surface area contributed by atoms with E-state index in [0.717, 1.165) is 21.4 Å². The van der Waals surface area contributed by atoms with Crippen molar-refractivity contribution < 1.29 is 38.6 Å². The molecule has 5 amide bonds. The van der Waals surface area contributed by atoms with Gasteiger partial charge in [0.15, 0.2) is 0 Å². The highest BCUT2D eigenvalue weighted by molar-refractivity contribution is 5.96. The number of unbranched alkanes of at least 4 members (excludes halogenated alkanes) is 1. The minimum atomic E-state index is -1.60. The Morgan fingerprint density at radius 3 is 2.12 bits per heavy atom. The molecule has 0 aliphatic rings. The Morgan fingerprint density at radius 2 is 1.49 bits per heavy atom. The zero-order valence-corrected chi connectivity index (χ0v) is 29.4. The van der Waals surface area contributed by atoms with Crippen molar-refractivity contribution in [2.24, 2.45) is 11.5 Å². The Labute approximate surface area is 296 Å². The lowest BCUT2D eigenvalue weighted by atomic mass is 10.0. The molecule has 0 saturated carbocycles. The molecule has 0 fully saturated rings. The number of hydrogen-bond donors (Lipinski definition) is 7. The van der Waals surface area contributed by atoms with Crippen molar-refractivity contribution in [3.05, 3.63) is 71.9 Å². The summed E-state index contributed by atoms with van der Waals surface area (Å²) in [5.41, 5.74) is 12.7. The van der Waals surface area contributed by atoms with Crippen molar-refractivity contribution in [1.29, 1.82) is 0 Å². The van der Waals surface area contributed by atoms with E-state index in [9.17, 15) is 33.9 Å². The van der Waals surface area contributed by atoms with Crippen LogP contribution in [0.25, 0.3) is 10.9 Å². The molecule has 15 heteroatoms. The molecule has 276 valence electrons. The molecule has 0 spiro atoms. The number of nitrogens with zero attached hydrogens (tertiary/aromatic N) is 1. The predicted octanol–water partition coefficient (Wildman–Crippen LogP) is 1.73. The van der Waals surface area contributed by atoms with Crippen LogP contribution in [0.4, 0.5) is 4.79 Å². The number of para-hydroxylation sites is 1. The molecule has 0 bridgehead atoms. The number of likely N-dealkylation sites (N-methyl/N-ethyl adjacent to an activating group) is 1. The maximum Gasteiger partial charge on any atom is 0.408 e. The molecule has 51 heavy (non-hydrogen) atoms. The highest BCUT2D eigenvalue weighted by atomic mass is 16.6. The van der Waals surface area contributed by atoms with Crippen LogP contribution in [0.2, 0.25) is 0 Å². The number of primary amides is 1. The van der Waals surface area contributed by atoms with E-state index in [1.165, 1.54) is 7.05 Å². The number of aromatic nitrogens is 1. The number of carboxylic acid groups (broad SMARTS) is 1. The fourth-order valence-electron chi connectivity index (χ4n) is 5.53. The monoisotopic (exact) mass is 707 g/mol. The molecular formula is C36H49N7O8. The van der Waals surface area contributed by atoms with Gasteiger partial charge in [0.05, 0.1) is 6.42 Å². The van der Waals surface area contributed by atoms with E-state index in [0.29, 0.717) is 24.9 Å². The van der Waals surface area contributed by atoms with E-state index in [2.05, 4.69) is 20.9 Å². The zero-order chi connectivity index (χ0) is 37.7. The van der Waals surface area contributed by atoms with Crippen molar-refractivity contribution >= 4 is 46.6 Å². The minimum Gasteiger partial charge on any atom is -0.481 e. The summed E-state index contributed by atoms with van der Waals surface area (Å²) in [4.78, 5) is 82.6. The fourth-order valence-corrected chi connectivity index (χ4v) is 5.53. The van der Waals surface area contributed by atoms with Gasteiger partial charge in [0, 0.05) is 37.0 Å². The average Bonchev–Trinajstić information content (AvgIpc) is 3.47. The number of carbonyl (C=O) groups is 6. The van der Waals surface area contributed by atoms with Crippen LogP contribution in [-0.4, -0.2) is 94.0 Å². The molecule has 0 saturated heterocycles. The second-order valence-corrected chi connectivity index (χ2v) is 13.3. The second-order valence-electron chi connectivity index (χ2n) is 13.3. The highest BCUT2D eigenvalue weighted by Crippen LogP contribution is 2.20. The highest BCUT2D eigenvalue weighted by Gasteiger charge is 2.35. The van der Waals surface area contributed by atoms with Gasteiger partial charge in [-0.15, -0.1) is 0 Å². The largest absolute Gasteiger partial charge is 0.481 e. The first-order valence-electron chi connectivity index (χ1n) is 16.8. The summed E-state index contributed by atoms with van der Waals surface area (Å²) in [7, 11) is 1.31. The molecule has 3 rings (SSSR count). The number of nitrogens with two attached hydrogens (primary N) is 2. The van der Waals surface area contributed by atoms with E-state index in [-0.39, 0.29) is 19.3 Å². The molecule has 0 aliphatic heterocycles. The smallest absolute Gasteiger partial charge is 0.408 e. The van der Waals surface area contributed by atoms with Gasteiger partial charge in [0.1, 0.15) is 29.8 Å². The van der Waals surface area contributed by atoms with Crippen molar-refractivity contribution in [2.45, 2.75) is 89.1 Å². The van der Waals surface area contributed by atoms with Crippen LogP contribution >= 0.6 is 0 Å². The van der Waals surface area contributed by atoms with Crippen LogP contribution in [0.5, 0.6) is 0 Å². The van der Waals surface area contributed by atoms with Crippen molar-refractivity contribution in [2.75, 3.05) is 13.6 Å². The number of rotatable bonds is 18. The summed E-state index contributed by atoms with van der Waals surface area (Å²) in [5.74, 6) is -4.61. The molecule has 1 aromatic heterocycles. The van der Waals surface area contributed by atoms with Gasteiger partial charge >= 0.3 is 12.1 Å². The van der Waals surface area contributed by atoms with Gasteiger partial charge in [-0.1, -0.05) is 48.5 Å². The first-order chi connectivity index (χ1) is 24.1. The number of aliphatic carboxylic acids is 1. The lowest BCUT2D eigenvalue weighted by molar-refractivity contribution is -0.146. The number of carbonyl (C=O) groups excluding carboxylic acids is 5. The number of alkyl carbamates (subject to hydrolysis) is 1. The minimum absolute atomic E-state index is 0.0348. The van der Waals surface area contributed by atoms with Crippen LogP contribution in [0, 0.1) is 0 Å². The Bertz CT molecular complexity index is 1670. The molecule has 3 aromatic rings. The molecular weight excluding hydrogens is 658 g/mol.